The largest absolute Gasteiger partial charge is 0.480 e. The average molecular weight is 535 g/mol. The van der Waals surface area contributed by atoms with Crippen LogP contribution in [0.5, 0.6) is 0 Å². The summed E-state index contributed by atoms with van der Waals surface area (Å²) < 4.78 is 0. The highest BCUT2D eigenvalue weighted by Crippen LogP contribution is 2.08. The normalized spacial score (nSPS) is 14.2. The molecule has 0 radical (unpaired) electrons. The summed E-state index contributed by atoms with van der Waals surface area (Å²) in [6, 6.07) is 1.98. The molecule has 2 aromatic rings. The van der Waals surface area contributed by atoms with Crippen molar-refractivity contribution in [2.75, 3.05) is 12.4 Å². The van der Waals surface area contributed by atoms with Crippen LogP contribution in [0, 0.1) is 5.92 Å². The minimum absolute atomic E-state index is 0.0700. The Morgan fingerprint density at radius 1 is 0.892 bits per heavy atom. The molecular weight excluding hydrogens is 504 g/mol. The number of aliphatic hydroxyl groups is 1. The molecule has 0 fully saturated rings. The molecule has 0 bridgehead atoms. The second-order valence-electron chi connectivity index (χ2n) is 8.50. The Morgan fingerprint density at radius 2 is 1.51 bits per heavy atom. The van der Waals surface area contributed by atoms with Gasteiger partial charge in [0.25, 0.3) is 5.91 Å². The second-order valence-corrected chi connectivity index (χ2v) is 8.86. The monoisotopic (exact) mass is 534 g/mol. The molecule has 14 heteroatoms. The van der Waals surface area contributed by atoms with Crippen molar-refractivity contribution in [3.63, 3.8) is 0 Å². The minimum atomic E-state index is -1.40. The maximum Gasteiger partial charge on any atom is 0.326 e. The lowest BCUT2D eigenvalue weighted by Crippen LogP contribution is -2.58. The van der Waals surface area contributed by atoms with E-state index in [4.69, 9.17) is 0 Å². The lowest BCUT2D eigenvalue weighted by Gasteiger charge is -2.24. The molecule has 0 spiro atoms. The topological polar surface area (TPSA) is 200 Å². The summed E-state index contributed by atoms with van der Waals surface area (Å²) in [5.41, 5.74) is 0.974. The number of carboxylic acids is 1. The number of carbonyl (C=O) groups excluding carboxylic acids is 4. The number of hydrogen-bond donors (Lipinski definition) is 7. The lowest BCUT2D eigenvalue weighted by molar-refractivity contribution is -0.143. The van der Waals surface area contributed by atoms with Crippen LogP contribution < -0.4 is 21.3 Å². The highest BCUT2D eigenvalue weighted by molar-refractivity contribution is 7.80. The van der Waals surface area contributed by atoms with Crippen LogP contribution >= 0.6 is 12.6 Å². The maximum atomic E-state index is 12.6. The zero-order valence-electron chi connectivity index (χ0n) is 20.5. The summed E-state index contributed by atoms with van der Waals surface area (Å²) in [5, 5.41) is 28.3. The third-order valence-corrected chi connectivity index (χ3v) is 5.65. The quantitative estimate of drug-likeness (QED) is 0.165. The molecule has 0 saturated heterocycles. The number of nitrogens with zero attached hydrogens (tertiary/aromatic N) is 2. The van der Waals surface area contributed by atoms with Gasteiger partial charge >= 0.3 is 5.97 Å². The fourth-order valence-electron chi connectivity index (χ4n) is 3.13. The molecule has 4 atom stereocenters. The molecular formula is C23H30N6O7S. The highest BCUT2D eigenvalue weighted by atomic mass is 32.1. The summed E-state index contributed by atoms with van der Waals surface area (Å²) in [5.74, 6) is -4.88. The number of thiol groups is 1. The Balaban J connectivity index is 1.97. The Labute approximate surface area is 218 Å². The van der Waals surface area contributed by atoms with Gasteiger partial charge in [-0.25, -0.2) is 9.78 Å². The fourth-order valence-corrected chi connectivity index (χ4v) is 3.39. The molecule has 4 amide bonds. The smallest absolute Gasteiger partial charge is 0.326 e. The van der Waals surface area contributed by atoms with E-state index >= 15 is 0 Å². The number of aliphatic carboxylic acids is 1. The number of hydrogen-bond acceptors (Lipinski definition) is 9. The molecule has 0 unspecified atom stereocenters. The molecule has 2 rings (SSSR count). The Kier molecular flexibility index (Phi) is 10.8. The minimum Gasteiger partial charge on any atom is -0.480 e. The van der Waals surface area contributed by atoms with Gasteiger partial charge < -0.3 is 31.5 Å². The third kappa shape index (κ3) is 8.11. The highest BCUT2D eigenvalue weighted by Gasteiger charge is 2.30. The SMILES string of the molecule is CC(C)[C@H](NC(=O)[C@H](CS)NC(=O)[C@H](C)NC(=O)[C@@H](CO)NC(=O)c1cnc2ccccc2n1)C(=O)O. The number of carboxylic acid groups (broad SMARTS) is 1. The van der Waals surface area contributed by atoms with E-state index in [1.807, 2.05) is 0 Å². The first-order chi connectivity index (χ1) is 17.5. The number of nitrogens with one attached hydrogen (secondary N) is 4. The molecule has 200 valence electrons. The number of carbonyl (C=O) groups is 5. The van der Waals surface area contributed by atoms with Crippen LogP contribution in [0.25, 0.3) is 11.0 Å². The van der Waals surface area contributed by atoms with E-state index in [1.54, 1.807) is 38.1 Å². The standard InChI is InChI=1S/C23H30N6O7S/c1-11(2)18(23(35)36)29-22(34)17(10-37)28-19(31)12(3)25-21(33)16(9-30)27-20(32)15-8-24-13-6-4-5-7-14(13)26-15/h4-8,11-12,16-18,30,37H,9-10H2,1-3H3,(H,25,33)(H,27,32)(H,28,31)(H,29,34)(H,35,36)/t12-,16+,17-,18-/m0/s1. The van der Waals surface area contributed by atoms with Crippen LogP contribution in [0.1, 0.15) is 31.3 Å². The van der Waals surface area contributed by atoms with Gasteiger partial charge in [0.1, 0.15) is 29.9 Å². The van der Waals surface area contributed by atoms with Crippen LogP contribution in [0.4, 0.5) is 0 Å². The zero-order chi connectivity index (χ0) is 27.7. The van der Waals surface area contributed by atoms with Gasteiger partial charge in [0, 0.05) is 5.75 Å². The van der Waals surface area contributed by atoms with Crippen LogP contribution in [-0.4, -0.2) is 86.3 Å². The van der Waals surface area contributed by atoms with E-state index < -0.39 is 66.3 Å². The van der Waals surface area contributed by atoms with Gasteiger partial charge in [-0.05, 0) is 25.0 Å². The molecule has 1 aromatic carbocycles. The summed E-state index contributed by atoms with van der Waals surface area (Å²) in [6.45, 7) is 3.81. The molecule has 0 saturated carbocycles. The first-order valence-electron chi connectivity index (χ1n) is 11.4. The molecule has 1 heterocycles. The third-order valence-electron chi connectivity index (χ3n) is 5.28. The van der Waals surface area contributed by atoms with Crippen molar-refractivity contribution in [2.45, 2.75) is 44.9 Å². The van der Waals surface area contributed by atoms with Crippen molar-refractivity contribution < 1.29 is 34.2 Å². The zero-order valence-corrected chi connectivity index (χ0v) is 21.4. The van der Waals surface area contributed by atoms with Crippen molar-refractivity contribution >= 4 is 53.3 Å². The molecule has 0 aliphatic rings. The lowest BCUT2D eigenvalue weighted by atomic mass is 10.0. The predicted molar refractivity (Wildman–Crippen MR) is 136 cm³/mol. The fraction of sp³-hybridized carbons (Fsp3) is 0.435. The summed E-state index contributed by atoms with van der Waals surface area (Å²) in [4.78, 5) is 69.8. The molecule has 0 aliphatic heterocycles. The van der Waals surface area contributed by atoms with E-state index in [1.165, 1.54) is 13.1 Å². The van der Waals surface area contributed by atoms with Crippen LogP contribution in [0.3, 0.4) is 0 Å². The summed E-state index contributed by atoms with van der Waals surface area (Å²) in [7, 11) is 0. The summed E-state index contributed by atoms with van der Waals surface area (Å²) >= 11 is 4.03. The molecule has 6 N–H and O–H groups in total. The number of aromatic nitrogens is 2. The van der Waals surface area contributed by atoms with Crippen LogP contribution in [-0.2, 0) is 19.2 Å². The average Bonchev–Trinajstić information content (AvgIpc) is 2.87. The Hall–Kier alpha value is -3.78. The van der Waals surface area contributed by atoms with Crippen LogP contribution in [0.2, 0.25) is 0 Å². The molecule has 0 aliphatic carbocycles. The van der Waals surface area contributed by atoms with Crippen molar-refractivity contribution in [1.82, 2.24) is 31.2 Å². The van der Waals surface area contributed by atoms with Crippen molar-refractivity contribution in [3.05, 3.63) is 36.2 Å². The maximum absolute atomic E-state index is 12.6. The number of benzene rings is 1. The summed E-state index contributed by atoms with van der Waals surface area (Å²) in [6.07, 6.45) is 1.23. The number of amides is 4. The van der Waals surface area contributed by atoms with Crippen molar-refractivity contribution in [2.24, 2.45) is 5.92 Å². The number of para-hydroxylation sites is 2. The molecule has 13 nitrogen and oxygen atoms in total. The van der Waals surface area contributed by atoms with Crippen molar-refractivity contribution in [1.29, 1.82) is 0 Å². The first kappa shape index (κ1) is 29.5. The molecule has 37 heavy (non-hydrogen) atoms. The van der Waals surface area contributed by atoms with Gasteiger partial charge in [-0.3, -0.25) is 24.2 Å². The first-order valence-corrected chi connectivity index (χ1v) is 12.0. The van der Waals surface area contributed by atoms with Gasteiger partial charge in [0.2, 0.25) is 17.7 Å². The predicted octanol–water partition coefficient (Wildman–Crippen LogP) is -1.13. The van der Waals surface area contributed by atoms with Gasteiger partial charge in [-0.2, -0.15) is 12.6 Å². The van der Waals surface area contributed by atoms with Gasteiger partial charge in [-0.15, -0.1) is 0 Å². The van der Waals surface area contributed by atoms with E-state index in [0.717, 1.165) is 0 Å². The number of fused-ring (bicyclic) bond motifs is 1. The van der Waals surface area contributed by atoms with Gasteiger partial charge in [0.15, 0.2) is 0 Å². The molecule has 1 aromatic heterocycles. The van der Waals surface area contributed by atoms with E-state index in [0.29, 0.717) is 11.0 Å². The Bertz CT molecular complexity index is 1160. The number of rotatable bonds is 12. The van der Waals surface area contributed by atoms with Gasteiger partial charge in [-0.1, -0.05) is 26.0 Å². The van der Waals surface area contributed by atoms with Gasteiger partial charge in [0.05, 0.1) is 23.8 Å². The van der Waals surface area contributed by atoms with E-state index in [9.17, 15) is 34.2 Å². The van der Waals surface area contributed by atoms with E-state index in [-0.39, 0.29) is 11.4 Å². The van der Waals surface area contributed by atoms with Crippen molar-refractivity contribution in [3.8, 4) is 0 Å². The second kappa shape index (κ2) is 13.5. The number of aliphatic hydroxyl groups excluding tert-OH is 1. The van der Waals surface area contributed by atoms with Crippen LogP contribution in [0.15, 0.2) is 30.5 Å². The van der Waals surface area contributed by atoms with E-state index in [2.05, 4.69) is 43.9 Å². The Morgan fingerprint density at radius 3 is 2.08 bits per heavy atom.